The van der Waals surface area contributed by atoms with Crippen molar-refractivity contribution >= 4 is 17.1 Å². The van der Waals surface area contributed by atoms with Gasteiger partial charge in [0, 0.05) is 11.1 Å². The summed E-state index contributed by atoms with van der Waals surface area (Å²) >= 11 is 0. The smallest absolute Gasteiger partial charge is 0.233 e. The van der Waals surface area contributed by atoms with Gasteiger partial charge in [-0.1, -0.05) is 49.0 Å². The first-order valence-electron chi connectivity index (χ1n) is 6.11. The zero-order valence-electron chi connectivity index (χ0n) is 11.1. The van der Waals surface area contributed by atoms with Gasteiger partial charge in [-0.15, -0.1) is 0 Å². The van der Waals surface area contributed by atoms with Crippen molar-refractivity contribution in [3.05, 3.63) is 72.3 Å². The molecular formula is C17H14O3. The predicted octanol–water partition coefficient (Wildman–Crippen LogP) is 3.16. The molecule has 2 rings (SSSR count). The van der Waals surface area contributed by atoms with Gasteiger partial charge >= 0.3 is 0 Å². The van der Waals surface area contributed by atoms with Crippen molar-refractivity contribution in [3.63, 3.8) is 0 Å². The lowest BCUT2D eigenvalue weighted by Gasteiger charge is -2.06. The van der Waals surface area contributed by atoms with Crippen LogP contribution in [0.3, 0.4) is 0 Å². The molecule has 0 aromatic heterocycles. The summed E-state index contributed by atoms with van der Waals surface area (Å²) in [5.74, 6) is -0.462. The Balaban J connectivity index is 2.20. The second-order valence-corrected chi connectivity index (χ2v) is 4.23. The third kappa shape index (κ3) is 2.83. The minimum atomic E-state index is -0.596. The third-order valence-electron chi connectivity index (χ3n) is 2.95. The van der Waals surface area contributed by atoms with Crippen molar-refractivity contribution in [2.24, 2.45) is 0 Å². The fourth-order valence-electron chi connectivity index (χ4n) is 1.78. The van der Waals surface area contributed by atoms with Crippen molar-refractivity contribution in [2.45, 2.75) is 0 Å². The molecule has 0 saturated carbocycles. The van der Waals surface area contributed by atoms with E-state index in [4.69, 9.17) is 4.74 Å². The summed E-state index contributed by atoms with van der Waals surface area (Å²) in [6.45, 7) is 3.72. The van der Waals surface area contributed by atoms with Crippen LogP contribution in [0.15, 0.2) is 61.2 Å². The van der Waals surface area contributed by atoms with Crippen LogP contribution in [0.25, 0.3) is 5.57 Å². The molecule has 0 N–H and O–H groups in total. The van der Waals surface area contributed by atoms with Gasteiger partial charge in [0.15, 0.2) is 0 Å². The van der Waals surface area contributed by atoms with E-state index in [0.717, 1.165) is 0 Å². The van der Waals surface area contributed by atoms with Crippen molar-refractivity contribution in [2.75, 3.05) is 7.11 Å². The van der Waals surface area contributed by atoms with Crippen molar-refractivity contribution < 1.29 is 14.3 Å². The van der Waals surface area contributed by atoms with Crippen LogP contribution in [-0.4, -0.2) is 18.7 Å². The highest BCUT2D eigenvalue weighted by Gasteiger charge is 2.20. The van der Waals surface area contributed by atoms with E-state index in [1.807, 2.05) is 0 Å². The molecule has 0 atom stereocenters. The Morgan fingerprint density at radius 1 is 0.900 bits per heavy atom. The fourth-order valence-corrected chi connectivity index (χ4v) is 1.78. The molecule has 0 fully saturated rings. The van der Waals surface area contributed by atoms with Crippen LogP contribution in [0.1, 0.15) is 15.9 Å². The summed E-state index contributed by atoms with van der Waals surface area (Å²) < 4.78 is 5.04. The molecule has 3 nitrogen and oxygen atoms in total. The lowest BCUT2D eigenvalue weighted by atomic mass is 9.97. The summed E-state index contributed by atoms with van der Waals surface area (Å²) in [6.07, 6.45) is 0. The zero-order valence-corrected chi connectivity index (χ0v) is 11.1. The van der Waals surface area contributed by atoms with Crippen LogP contribution in [0.5, 0.6) is 5.75 Å². The maximum Gasteiger partial charge on any atom is 0.233 e. The molecule has 0 radical (unpaired) electrons. The average molecular weight is 266 g/mol. The number of methoxy groups -OCH3 is 1. The molecule has 0 aliphatic heterocycles. The maximum atomic E-state index is 12.1. The van der Waals surface area contributed by atoms with Gasteiger partial charge in [0.1, 0.15) is 5.75 Å². The number of ketones is 2. The number of benzene rings is 2. The van der Waals surface area contributed by atoms with Gasteiger partial charge in [0.25, 0.3) is 0 Å². The SMILES string of the molecule is C=C(C(=O)C(=O)c1ccccc1)c1ccc(OC)cc1. The summed E-state index contributed by atoms with van der Waals surface area (Å²) in [4.78, 5) is 24.2. The molecule has 0 aliphatic carbocycles. The van der Waals surface area contributed by atoms with Gasteiger partial charge in [-0.3, -0.25) is 9.59 Å². The summed E-state index contributed by atoms with van der Waals surface area (Å²) in [7, 11) is 1.56. The Kier molecular flexibility index (Phi) is 4.11. The first-order chi connectivity index (χ1) is 9.63. The molecule has 0 bridgehead atoms. The van der Waals surface area contributed by atoms with Crippen molar-refractivity contribution in [1.82, 2.24) is 0 Å². The summed E-state index contributed by atoms with van der Waals surface area (Å²) in [5, 5.41) is 0. The minimum absolute atomic E-state index is 0.182. The van der Waals surface area contributed by atoms with Crippen molar-refractivity contribution in [1.29, 1.82) is 0 Å². The highest BCUT2D eigenvalue weighted by Crippen LogP contribution is 2.19. The van der Waals surface area contributed by atoms with E-state index in [1.165, 1.54) is 0 Å². The van der Waals surface area contributed by atoms with Crippen LogP contribution in [-0.2, 0) is 4.79 Å². The largest absolute Gasteiger partial charge is 0.497 e. The first kappa shape index (κ1) is 13.7. The standard InChI is InChI=1S/C17H14O3/c1-12(13-8-10-15(20-2)11-9-13)16(18)17(19)14-6-4-3-5-7-14/h3-11H,1H2,2H3. The zero-order chi connectivity index (χ0) is 14.5. The molecule has 0 heterocycles. The van der Waals surface area contributed by atoms with Crippen LogP contribution in [0.2, 0.25) is 0 Å². The van der Waals surface area contributed by atoms with E-state index in [1.54, 1.807) is 61.7 Å². The van der Waals surface area contributed by atoms with Crippen LogP contribution in [0, 0.1) is 0 Å². The minimum Gasteiger partial charge on any atom is -0.497 e. The van der Waals surface area contributed by atoms with E-state index >= 15 is 0 Å². The fraction of sp³-hybridized carbons (Fsp3) is 0.0588. The number of rotatable bonds is 5. The molecule has 0 saturated heterocycles. The monoisotopic (exact) mass is 266 g/mol. The summed E-state index contributed by atoms with van der Waals surface area (Å²) in [5.41, 5.74) is 1.16. The topological polar surface area (TPSA) is 43.4 Å². The predicted molar refractivity (Wildman–Crippen MR) is 77.8 cm³/mol. The van der Waals surface area contributed by atoms with Gasteiger partial charge in [0.2, 0.25) is 11.6 Å². The molecule has 2 aromatic carbocycles. The van der Waals surface area contributed by atoms with Gasteiger partial charge in [-0.25, -0.2) is 0 Å². The Morgan fingerprint density at radius 2 is 1.50 bits per heavy atom. The quantitative estimate of drug-likeness (QED) is 0.474. The number of hydrogen-bond donors (Lipinski definition) is 0. The highest BCUT2D eigenvalue weighted by atomic mass is 16.5. The first-order valence-corrected chi connectivity index (χ1v) is 6.11. The van der Waals surface area contributed by atoms with Crippen LogP contribution < -0.4 is 4.74 Å². The molecular weight excluding hydrogens is 252 g/mol. The van der Waals surface area contributed by atoms with Crippen LogP contribution >= 0.6 is 0 Å². The van der Waals surface area contributed by atoms with Gasteiger partial charge in [0.05, 0.1) is 7.11 Å². The summed E-state index contributed by atoms with van der Waals surface area (Å²) in [6, 6.07) is 15.3. The van der Waals surface area contributed by atoms with E-state index in [-0.39, 0.29) is 5.57 Å². The molecule has 20 heavy (non-hydrogen) atoms. The number of carbonyl (C=O) groups is 2. The molecule has 0 spiro atoms. The van der Waals surface area contributed by atoms with Crippen molar-refractivity contribution in [3.8, 4) is 5.75 Å². The van der Waals surface area contributed by atoms with Gasteiger partial charge in [-0.2, -0.15) is 0 Å². The molecule has 0 amide bonds. The second-order valence-electron chi connectivity index (χ2n) is 4.23. The van der Waals surface area contributed by atoms with E-state index in [2.05, 4.69) is 6.58 Å². The number of Topliss-reactive ketones (excluding diaryl/α,β-unsaturated/α-hetero) is 2. The molecule has 2 aromatic rings. The molecule has 100 valence electrons. The molecule has 0 aliphatic rings. The van der Waals surface area contributed by atoms with E-state index in [9.17, 15) is 9.59 Å². The molecule has 0 unspecified atom stereocenters. The maximum absolute atomic E-state index is 12.1. The number of ether oxygens (including phenoxy) is 1. The highest BCUT2D eigenvalue weighted by molar-refractivity contribution is 6.57. The lowest BCUT2D eigenvalue weighted by molar-refractivity contribution is -0.110. The van der Waals surface area contributed by atoms with Crippen LogP contribution in [0.4, 0.5) is 0 Å². The normalized spacial score (nSPS) is 9.85. The number of hydrogen-bond acceptors (Lipinski definition) is 3. The Bertz CT molecular complexity index is 640. The number of allylic oxidation sites excluding steroid dienone is 1. The third-order valence-corrected chi connectivity index (χ3v) is 2.95. The van der Waals surface area contributed by atoms with Gasteiger partial charge in [-0.05, 0) is 17.7 Å². The Labute approximate surface area is 117 Å². The Morgan fingerprint density at radius 3 is 2.05 bits per heavy atom. The second kappa shape index (κ2) is 5.97. The number of carbonyl (C=O) groups excluding carboxylic acids is 2. The van der Waals surface area contributed by atoms with Gasteiger partial charge < -0.3 is 4.74 Å². The van der Waals surface area contributed by atoms with E-state index < -0.39 is 11.6 Å². The molecule has 3 heteroatoms. The van der Waals surface area contributed by atoms with E-state index in [0.29, 0.717) is 16.9 Å². The Hall–Kier alpha value is -2.68. The average Bonchev–Trinajstić information content (AvgIpc) is 2.53. The lowest BCUT2D eigenvalue weighted by Crippen LogP contribution is -2.15.